The minimum atomic E-state index is -0.428. The van der Waals surface area contributed by atoms with Gasteiger partial charge in [0.25, 0.3) is 5.69 Å². The molecule has 1 rings (SSSR count). The summed E-state index contributed by atoms with van der Waals surface area (Å²) in [6, 6.07) is 6.35. The molecule has 1 unspecified atom stereocenters. The summed E-state index contributed by atoms with van der Waals surface area (Å²) in [7, 11) is 0. The van der Waals surface area contributed by atoms with Crippen LogP contribution in [0.5, 0.6) is 0 Å². The Hall–Kier alpha value is -1.43. The predicted octanol–water partition coefficient (Wildman–Crippen LogP) is 2.43. The summed E-state index contributed by atoms with van der Waals surface area (Å²) in [5.74, 6) is -0.0283. The van der Waals surface area contributed by atoms with Crippen LogP contribution in [0.2, 0.25) is 0 Å². The van der Waals surface area contributed by atoms with Crippen molar-refractivity contribution in [3.05, 3.63) is 39.9 Å². The molecule has 1 atom stereocenters. The highest BCUT2D eigenvalue weighted by atomic mass is 79.9. The Morgan fingerprint density at radius 2 is 2.06 bits per heavy atom. The third-order valence-corrected chi connectivity index (χ3v) is 3.57. The maximum Gasteiger partial charge on any atom is 0.269 e. The molecule has 1 aromatic carbocycles. The van der Waals surface area contributed by atoms with E-state index in [9.17, 15) is 14.9 Å². The van der Waals surface area contributed by atoms with Crippen molar-refractivity contribution >= 4 is 27.5 Å². The molecule has 0 aromatic heterocycles. The van der Waals surface area contributed by atoms with Crippen molar-refractivity contribution in [2.45, 2.75) is 24.6 Å². The molecule has 5 nitrogen and oxygen atoms in total. The molecule has 1 amide bonds. The quantitative estimate of drug-likeness (QED) is 0.498. The highest BCUT2D eigenvalue weighted by Gasteiger charge is 2.11. The zero-order chi connectivity index (χ0) is 13.5. The number of carbonyl (C=O) groups is 1. The van der Waals surface area contributed by atoms with E-state index in [4.69, 9.17) is 0 Å². The van der Waals surface area contributed by atoms with Crippen molar-refractivity contribution in [1.29, 1.82) is 0 Å². The van der Waals surface area contributed by atoms with Gasteiger partial charge >= 0.3 is 0 Å². The highest BCUT2D eigenvalue weighted by molar-refractivity contribution is 9.10. The molecular formula is C12H15BrN2O3. The van der Waals surface area contributed by atoms with Crippen molar-refractivity contribution in [2.75, 3.05) is 6.54 Å². The van der Waals surface area contributed by atoms with E-state index in [2.05, 4.69) is 21.2 Å². The second-order valence-corrected chi connectivity index (χ2v) is 4.95. The van der Waals surface area contributed by atoms with Crippen LogP contribution in [0.15, 0.2) is 24.3 Å². The third-order valence-electron chi connectivity index (χ3n) is 2.50. The lowest BCUT2D eigenvalue weighted by atomic mass is 10.1. The van der Waals surface area contributed by atoms with Crippen molar-refractivity contribution in [3.8, 4) is 0 Å². The zero-order valence-electron chi connectivity index (χ0n) is 10.1. The van der Waals surface area contributed by atoms with Crippen LogP contribution in [-0.4, -0.2) is 22.2 Å². The van der Waals surface area contributed by atoms with E-state index in [1.54, 1.807) is 12.1 Å². The van der Waals surface area contributed by atoms with Crippen molar-refractivity contribution in [2.24, 2.45) is 0 Å². The monoisotopic (exact) mass is 314 g/mol. The van der Waals surface area contributed by atoms with Gasteiger partial charge in [-0.15, -0.1) is 0 Å². The average Bonchev–Trinajstić information content (AvgIpc) is 2.38. The molecule has 1 N–H and O–H groups in total. The molecule has 0 aliphatic heterocycles. The summed E-state index contributed by atoms with van der Waals surface area (Å²) in [6.07, 6.45) is 1.40. The van der Waals surface area contributed by atoms with Crippen LogP contribution in [0.3, 0.4) is 0 Å². The molecule has 0 heterocycles. The molecule has 0 bridgehead atoms. The van der Waals surface area contributed by atoms with Gasteiger partial charge in [0.2, 0.25) is 5.91 Å². The molecule has 18 heavy (non-hydrogen) atoms. The van der Waals surface area contributed by atoms with Gasteiger partial charge < -0.3 is 5.32 Å². The van der Waals surface area contributed by atoms with Gasteiger partial charge in [0, 0.05) is 18.7 Å². The number of halogens is 1. The van der Waals surface area contributed by atoms with Crippen LogP contribution in [0.4, 0.5) is 5.69 Å². The number of benzene rings is 1. The van der Waals surface area contributed by atoms with Crippen molar-refractivity contribution in [1.82, 2.24) is 5.32 Å². The number of hydrogen-bond acceptors (Lipinski definition) is 3. The summed E-state index contributed by atoms with van der Waals surface area (Å²) in [4.78, 5) is 21.3. The SMILES string of the molecule is CCC(Br)C(=O)NCCc1ccc([N+](=O)[O-])cc1. The molecule has 0 radical (unpaired) electrons. The van der Waals surface area contributed by atoms with E-state index in [0.29, 0.717) is 13.0 Å². The second kappa shape index (κ2) is 7.10. The molecule has 1 aromatic rings. The number of nitro benzene ring substituents is 1. The number of alkyl halides is 1. The number of nitrogens with zero attached hydrogens (tertiary/aromatic N) is 1. The third kappa shape index (κ3) is 4.44. The first-order valence-electron chi connectivity index (χ1n) is 5.69. The first-order valence-corrected chi connectivity index (χ1v) is 6.61. The maximum atomic E-state index is 11.5. The Balaban J connectivity index is 2.40. The van der Waals surface area contributed by atoms with Crippen molar-refractivity contribution in [3.63, 3.8) is 0 Å². The lowest BCUT2D eigenvalue weighted by molar-refractivity contribution is -0.384. The van der Waals surface area contributed by atoms with Crippen LogP contribution in [0.25, 0.3) is 0 Å². The summed E-state index contributed by atoms with van der Waals surface area (Å²) in [5, 5.41) is 13.3. The largest absolute Gasteiger partial charge is 0.355 e. The second-order valence-electron chi connectivity index (χ2n) is 3.84. The van der Waals surface area contributed by atoms with Crippen LogP contribution in [0.1, 0.15) is 18.9 Å². The van der Waals surface area contributed by atoms with Gasteiger partial charge in [-0.2, -0.15) is 0 Å². The van der Waals surface area contributed by atoms with Gasteiger partial charge in [-0.05, 0) is 18.4 Å². The molecular weight excluding hydrogens is 300 g/mol. The lowest BCUT2D eigenvalue weighted by Gasteiger charge is -2.08. The summed E-state index contributed by atoms with van der Waals surface area (Å²) in [6.45, 7) is 2.45. The topological polar surface area (TPSA) is 72.2 Å². The average molecular weight is 315 g/mol. The van der Waals surface area contributed by atoms with E-state index < -0.39 is 4.92 Å². The number of amides is 1. The fourth-order valence-electron chi connectivity index (χ4n) is 1.41. The summed E-state index contributed by atoms with van der Waals surface area (Å²) in [5.41, 5.74) is 1.04. The molecule has 0 spiro atoms. The van der Waals surface area contributed by atoms with Gasteiger partial charge in [0.1, 0.15) is 0 Å². The van der Waals surface area contributed by atoms with E-state index in [0.717, 1.165) is 12.0 Å². The van der Waals surface area contributed by atoms with E-state index in [1.165, 1.54) is 12.1 Å². The van der Waals surface area contributed by atoms with Crippen LogP contribution >= 0.6 is 15.9 Å². The minimum absolute atomic E-state index is 0.0283. The lowest BCUT2D eigenvalue weighted by Crippen LogP contribution is -2.32. The van der Waals surface area contributed by atoms with Gasteiger partial charge in [0.05, 0.1) is 9.75 Å². The predicted molar refractivity (Wildman–Crippen MR) is 72.8 cm³/mol. The van der Waals surface area contributed by atoms with Gasteiger partial charge in [-0.1, -0.05) is 35.0 Å². The van der Waals surface area contributed by atoms with Gasteiger partial charge in [-0.25, -0.2) is 0 Å². The molecule has 0 saturated carbocycles. The highest BCUT2D eigenvalue weighted by Crippen LogP contribution is 2.12. The van der Waals surface area contributed by atoms with E-state index >= 15 is 0 Å². The Labute approximate surface area is 114 Å². The van der Waals surface area contributed by atoms with Gasteiger partial charge in [-0.3, -0.25) is 14.9 Å². The van der Waals surface area contributed by atoms with E-state index in [1.807, 2.05) is 6.92 Å². The Kier molecular flexibility index (Phi) is 5.77. The minimum Gasteiger partial charge on any atom is -0.355 e. The number of carbonyl (C=O) groups excluding carboxylic acids is 1. The Morgan fingerprint density at radius 1 is 1.44 bits per heavy atom. The number of nitrogens with one attached hydrogen (secondary N) is 1. The Bertz CT molecular complexity index is 420. The fourth-order valence-corrected chi connectivity index (χ4v) is 1.57. The van der Waals surface area contributed by atoms with Crippen LogP contribution < -0.4 is 5.32 Å². The number of nitro groups is 1. The summed E-state index contributed by atoms with van der Waals surface area (Å²) < 4.78 is 0. The van der Waals surface area contributed by atoms with Crippen LogP contribution in [0, 0.1) is 10.1 Å². The molecule has 6 heteroatoms. The maximum absolute atomic E-state index is 11.5. The first kappa shape index (κ1) is 14.6. The smallest absolute Gasteiger partial charge is 0.269 e. The zero-order valence-corrected chi connectivity index (χ0v) is 11.6. The molecule has 98 valence electrons. The normalized spacial score (nSPS) is 11.9. The molecule has 0 aliphatic carbocycles. The van der Waals surface area contributed by atoms with Crippen LogP contribution in [-0.2, 0) is 11.2 Å². The number of hydrogen-bond donors (Lipinski definition) is 1. The number of rotatable bonds is 6. The van der Waals surface area contributed by atoms with E-state index in [-0.39, 0.29) is 16.4 Å². The standard InChI is InChI=1S/C12H15BrN2O3/c1-2-11(13)12(16)14-8-7-9-3-5-10(6-4-9)15(17)18/h3-6,11H,2,7-8H2,1H3,(H,14,16). The van der Waals surface area contributed by atoms with Crippen molar-refractivity contribution < 1.29 is 9.72 Å². The van der Waals surface area contributed by atoms with Gasteiger partial charge in [0.15, 0.2) is 0 Å². The summed E-state index contributed by atoms with van der Waals surface area (Å²) >= 11 is 3.27. The number of non-ortho nitro benzene ring substituents is 1. The first-order chi connectivity index (χ1) is 8.54. The fraction of sp³-hybridized carbons (Fsp3) is 0.417. The Morgan fingerprint density at radius 3 is 2.56 bits per heavy atom. The molecule has 0 aliphatic rings. The molecule has 0 saturated heterocycles. The molecule has 0 fully saturated rings.